The zero-order chi connectivity index (χ0) is 22.9. The molecule has 2 N–H and O–H groups in total. The van der Waals surface area contributed by atoms with Gasteiger partial charge in [-0.2, -0.15) is 9.97 Å². The van der Waals surface area contributed by atoms with E-state index in [1.807, 2.05) is 30.3 Å². The van der Waals surface area contributed by atoms with Crippen LogP contribution in [-0.4, -0.2) is 24.9 Å². The average molecular weight is 562 g/mol. The number of hydrogen-bond donors (Lipinski definition) is 1. The molecule has 0 radical (unpaired) electrons. The molecular formula is C20H14Br2N6O4. The van der Waals surface area contributed by atoms with E-state index >= 15 is 0 Å². The van der Waals surface area contributed by atoms with E-state index in [2.05, 4.69) is 51.8 Å². The van der Waals surface area contributed by atoms with E-state index in [1.165, 1.54) is 12.4 Å². The minimum atomic E-state index is -0.567. The zero-order valence-corrected chi connectivity index (χ0v) is 19.3. The normalized spacial score (nSPS) is 9.94. The highest BCUT2D eigenvalue weighted by Crippen LogP contribution is 2.28. The molecule has 32 heavy (non-hydrogen) atoms. The highest BCUT2D eigenvalue weighted by atomic mass is 79.9. The predicted molar refractivity (Wildman–Crippen MR) is 124 cm³/mol. The summed E-state index contributed by atoms with van der Waals surface area (Å²) in [6.07, 6.45) is 5.19. The summed E-state index contributed by atoms with van der Waals surface area (Å²) in [6, 6.07) is 15.0. The number of nitro groups is 1. The van der Waals surface area contributed by atoms with Gasteiger partial charge in [0.15, 0.2) is 0 Å². The van der Waals surface area contributed by atoms with E-state index in [0.29, 0.717) is 17.2 Å². The molecule has 12 heteroatoms. The van der Waals surface area contributed by atoms with Crippen LogP contribution in [0.4, 0.5) is 11.4 Å². The van der Waals surface area contributed by atoms with Crippen LogP contribution >= 0.6 is 31.9 Å². The first-order chi connectivity index (χ1) is 15.4. The molecule has 0 aliphatic rings. The van der Waals surface area contributed by atoms with E-state index in [-0.39, 0.29) is 17.7 Å². The summed E-state index contributed by atoms with van der Waals surface area (Å²) in [4.78, 5) is 25.2. The Morgan fingerprint density at radius 1 is 0.750 bits per heavy atom. The average Bonchev–Trinajstić information content (AvgIpc) is 2.79. The summed E-state index contributed by atoms with van der Waals surface area (Å²) in [7, 11) is 0. The maximum Gasteiger partial charge on any atom is 0.322 e. The van der Waals surface area contributed by atoms with Crippen molar-refractivity contribution in [1.82, 2.24) is 19.9 Å². The monoisotopic (exact) mass is 560 g/mol. The van der Waals surface area contributed by atoms with Crippen LogP contribution < -0.4 is 15.2 Å². The Bertz CT molecular complexity index is 1190. The predicted octanol–water partition coefficient (Wildman–Crippen LogP) is 5.55. The smallest absolute Gasteiger partial charge is 0.322 e. The number of nitrogens with zero attached hydrogens (tertiary/aromatic N) is 5. The second kappa shape index (κ2) is 11.1. The highest BCUT2D eigenvalue weighted by molar-refractivity contribution is 9.10. The number of benzene rings is 2. The van der Waals surface area contributed by atoms with E-state index in [0.717, 1.165) is 21.3 Å². The maximum atomic E-state index is 10.4. The molecule has 0 spiro atoms. The summed E-state index contributed by atoms with van der Waals surface area (Å²) in [5, 5.41) is 10.4. The molecule has 0 aliphatic heterocycles. The summed E-state index contributed by atoms with van der Waals surface area (Å²) in [5.74, 6) is 1.21. The fraction of sp³-hybridized carbons (Fsp3) is 0. The van der Waals surface area contributed by atoms with Crippen molar-refractivity contribution in [3.05, 3.63) is 92.4 Å². The van der Waals surface area contributed by atoms with E-state index in [1.54, 1.807) is 18.2 Å². The van der Waals surface area contributed by atoms with Crippen LogP contribution in [-0.2, 0) is 0 Å². The molecule has 10 nitrogen and oxygen atoms in total. The van der Waals surface area contributed by atoms with Gasteiger partial charge in [-0.3, -0.25) is 10.1 Å². The maximum absolute atomic E-state index is 10.4. The minimum absolute atomic E-state index is 0.0579. The van der Waals surface area contributed by atoms with Crippen LogP contribution in [0, 0.1) is 10.1 Å². The van der Waals surface area contributed by atoms with Crippen molar-refractivity contribution in [2.24, 2.45) is 0 Å². The van der Waals surface area contributed by atoms with Gasteiger partial charge in [0.05, 0.1) is 31.9 Å². The topological polar surface area (TPSA) is 139 Å². The van der Waals surface area contributed by atoms with Crippen molar-refractivity contribution in [2.75, 3.05) is 5.73 Å². The second-order valence-electron chi connectivity index (χ2n) is 5.84. The Kier molecular flexibility index (Phi) is 8.00. The molecule has 0 saturated heterocycles. The Morgan fingerprint density at radius 3 is 1.56 bits per heavy atom. The van der Waals surface area contributed by atoms with E-state index in [9.17, 15) is 10.1 Å². The number of nitrogen functional groups attached to an aromatic ring is 1. The van der Waals surface area contributed by atoms with E-state index in [4.69, 9.17) is 15.2 Å². The molecule has 0 aliphatic carbocycles. The van der Waals surface area contributed by atoms with Gasteiger partial charge in [0.2, 0.25) is 0 Å². The van der Waals surface area contributed by atoms with Gasteiger partial charge in [0, 0.05) is 0 Å². The molecule has 0 bridgehead atoms. The standard InChI is InChI=1S/C10H6BrN3O3.C10H8BrN3O/c11-8-3-1-2-4-9(8)17-10-12-5-7(6-13-10)14(15)16;11-8-3-1-2-4-9(8)15-10-13-5-7(12)6-14-10/h1-6H;1-6H,12H2. The fourth-order valence-corrected chi connectivity index (χ4v) is 2.82. The number of hydrogen-bond acceptors (Lipinski definition) is 9. The second-order valence-corrected chi connectivity index (χ2v) is 7.55. The zero-order valence-electron chi connectivity index (χ0n) is 16.1. The molecule has 0 unspecified atom stereocenters. The first-order valence-electron chi connectivity index (χ1n) is 8.81. The van der Waals surface area contributed by atoms with Gasteiger partial charge >= 0.3 is 17.7 Å². The molecule has 162 valence electrons. The van der Waals surface area contributed by atoms with Crippen molar-refractivity contribution in [3.63, 3.8) is 0 Å². The summed E-state index contributed by atoms with van der Waals surface area (Å²) < 4.78 is 12.4. The third-order valence-electron chi connectivity index (χ3n) is 3.55. The van der Waals surface area contributed by atoms with Gasteiger partial charge in [-0.25, -0.2) is 9.97 Å². The van der Waals surface area contributed by atoms with Crippen LogP contribution in [0.2, 0.25) is 0 Å². The molecule has 4 rings (SSSR count). The van der Waals surface area contributed by atoms with E-state index < -0.39 is 4.92 Å². The van der Waals surface area contributed by atoms with Gasteiger partial charge in [-0.05, 0) is 56.1 Å². The summed E-state index contributed by atoms with van der Waals surface area (Å²) in [6.45, 7) is 0. The fourth-order valence-electron chi connectivity index (χ4n) is 2.09. The largest absolute Gasteiger partial charge is 0.423 e. The first kappa shape index (κ1) is 23.0. The van der Waals surface area contributed by atoms with Crippen molar-refractivity contribution in [1.29, 1.82) is 0 Å². The van der Waals surface area contributed by atoms with Crippen molar-refractivity contribution < 1.29 is 14.4 Å². The van der Waals surface area contributed by atoms with Crippen LogP contribution in [0.1, 0.15) is 0 Å². The number of ether oxygens (including phenoxy) is 2. The SMILES string of the molecule is Nc1cnc(Oc2ccccc2Br)nc1.O=[N+]([O-])c1cnc(Oc2ccccc2Br)nc1. The highest BCUT2D eigenvalue weighted by Gasteiger charge is 2.09. The molecular weight excluding hydrogens is 548 g/mol. The van der Waals surface area contributed by atoms with Crippen LogP contribution in [0.25, 0.3) is 0 Å². The lowest BCUT2D eigenvalue weighted by Gasteiger charge is -2.04. The molecule has 0 fully saturated rings. The van der Waals surface area contributed by atoms with Crippen LogP contribution in [0.15, 0.2) is 82.3 Å². The Balaban J connectivity index is 0.000000182. The van der Waals surface area contributed by atoms with Gasteiger partial charge in [0.1, 0.15) is 23.9 Å². The van der Waals surface area contributed by atoms with Gasteiger partial charge in [-0.1, -0.05) is 24.3 Å². The number of para-hydroxylation sites is 2. The molecule has 4 aromatic rings. The lowest BCUT2D eigenvalue weighted by Crippen LogP contribution is -1.95. The number of halogens is 2. The minimum Gasteiger partial charge on any atom is -0.423 e. The molecule has 0 atom stereocenters. The lowest BCUT2D eigenvalue weighted by atomic mass is 10.3. The molecule has 2 aromatic carbocycles. The Morgan fingerprint density at radius 2 is 1.16 bits per heavy atom. The molecule has 2 heterocycles. The third kappa shape index (κ3) is 6.68. The molecule has 2 aromatic heterocycles. The van der Waals surface area contributed by atoms with Gasteiger partial charge in [-0.15, -0.1) is 0 Å². The van der Waals surface area contributed by atoms with Crippen molar-refractivity contribution in [2.45, 2.75) is 0 Å². The number of rotatable bonds is 5. The number of anilines is 1. The lowest BCUT2D eigenvalue weighted by molar-refractivity contribution is -0.385. The Hall–Kier alpha value is -3.64. The van der Waals surface area contributed by atoms with Gasteiger partial charge in [0.25, 0.3) is 0 Å². The molecule has 0 amide bonds. The van der Waals surface area contributed by atoms with Crippen LogP contribution in [0.5, 0.6) is 23.5 Å². The first-order valence-corrected chi connectivity index (χ1v) is 10.4. The summed E-state index contributed by atoms with van der Waals surface area (Å²) >= 11 is 6.67. The van der Waals surface area contributed by atoms with Gasteiger partial charge < -0.3 is 15.2 Å². The van der Waals surface area contributed by atoms with Crippen molar-refractivity contribution >= 4 is 43.2 Å². The summed E-state index contributed by atoms with van der Waals surface area (Å²) in [5.41, 5.74) is 5.79. The molecule has 0 saturated carbocycles. The third-order valence-corrected chi connectivity index (χ3v) is 4.86. The van der Waals surface area contributed by atoms with Crippen molar-refractivity contribution in [3.8, 4) is 23.5 Å². The number of nitrogens with two attached hydrogens (primary N) is 1. The van der Waals surface area contributed by atoms with Crippen LogP contribution in [0.3, 0.4) is 0 Å². The quantitative estimate of drug-likeness (QED) is 0.245. The number of aromatic nitrogens is 4. The Labute approximate surface area is 198 Å².